The average Bonchev–Trinajstić information content (AvgIpc) is 2.18. The predicted molar refractivity (Wildman–Crippen MR) is 56.8 cm³/mol. The highest BCUT2D eigenvalue weighted by atomic mass is 35.5. The highest BCUT2D eigenvalue weighted by Crippen LogP contribution is 2.05. The zero-order valence-electron chi connectivity index (χ0n) is 8.13. The average molecular weight is 213 g/mol. The van der Waals surface area contributed by atoms with Crippen LogP contribution < -0.4 is 0 Å². The monoisotopic (exact) mass is 212 g/mol. The molecule has 0 saturated carbocycles. The maximum Gasteiger partial charge on any atom is 0.338 e. The van der Waals surface area contributed by atoms with E-state index in [2.05, 4.69) is 0 Å². The van der Waals surface area contributed by atoms with Gasteiger partial charge in [0.25, 0.3) is 0 Å². The Kier molecular flexibility index (Phi) is 4.47. The van der Waals surface area contributed by atoms with E-state index in [1.54, 1.807) is 6.07 Å². The summed E-state index contributed by atoms with van der Waals surface area (Å²) in [6.45, 7) is 2.33. The minimum Gasteiger partial charge on any atom is -0.462 e. The van der Waals surface area contributed by atoms with Gasteiger partial charge in [0.05, 0.1) is 12.2 Å². The maximum atomic E-state index is 11.4. The first kappa shape index (κ1) is 11.1. The fourth-order valence-electron chi connectivity index (χ4n) is 1.07. The van der Waals surface area contributed by atoms with Crippen LogP contribution in [-0.4, -0.2) is 18.5 Å². The Balaban J connectivity index is 2.52. The fourth-order valence-corrected chi connectivity index (χ4v) is 1.18. The number of esters is 1. The van der Waals surface area contributed by atoms with Gasteiger partial charge < -0.3 is 4.74 Å². The number of hydrogen-bond donors (Lipinski definition) is 0. The molecule has 0 spiro atoms. The zero-order chi connectivity index (χ0) is 10.4. The summed E-state index contributed by atoms with van der Waals surface area (Å²) < 4.78 is 5.00. The van der Waals surface area contributed by atoms with Crippen LogP contribution in [0.1, 0.15) is 22.3 Å². The molecular weight excluding hydrogens is 200 g/mol. The number of alkyl halides is 1. The van der Waals surface area contributed by atoms with Crippen molar-refractivity contribution in [1.82, 2.24) is 0 Å². The van der Waals surface area contributed by atoms with E-state index in [1.807, 2.05) is 25.1 Å². The molecule has 3 heteroatoms. The van der Waals surface area contributed by atoms with E-state index < -0.39 is 0 Å². The number of benzene rings is 1. The summed E-state index contributed by atoms with van der Waals surface area (Å²) in [6, 6.07) is 7.34. The number of halogens is 1. The third-order valence-corrected chi connectivity index (χ3v) is 2.03. The molecule has 0 fully saturated rings. The highest BCUT2D eigenvalue weighted by molar-refractivity contribution is 6.17. The second kappa shape index (κ2) is 5.66. The molecular formula is C11H13ClO2. The lowest BCUT2D eigenvalue weighted by Gasteiger charge is -2.03. The molecule has 1 rings (SSSR count). The van der Waals surface area contributed by atoms with Crippen molar-refractivity contribution in [1.29, 1.82) is 0 Å². The van der Waals surface area contributed by atoms with Crippen LogP contribution in [0.25, 0.3) is 0 Å². The Morgan fingerprint density at radius 3 is 2.93 bits per heavy atom. The van der Waals surface area contributed by atoms with Crippen LogP contribution in [0.4, 0.5) is 0 Å². The Morgan fingerprint density at radius 2 is 2.29 bits per heavy atom. The SMILES string of the molecule is Cc1cccc(C(=O)OCCCCl)c1. The van der Waals surface area contributed by atoms with Gasteiger partial charge in [-0.3, -0.25) is 0 Å². The molecule has 1 aromatic carbocycles. The molecule has 0 aliphatic carbocycles. The van der Waals surface area contributed by atoms with Crippen molar-refractivity contribution in [3.63, 3.8) is 0 Å². The van der Waals surface area contributed by atoms with Crippen molar-refractivity contribution in [3.8, 4) is 0 Å². The van der Waals surface area contributed by atoms with E-state index in [1.165, 1.54) is 0 Å². The fraction of sp³-hybridized carbons (Fsp3) is 0.364. The van der Waals surface area contributed by atoms with Crippen molar-refractivity contribution in [2.24, 2.45) is 0 Å². The Morgan fingerprint density at radius 1 is 1.50 bits per heavy atom. The molecule has 0 unspecified atom stereocenters. The molecule has 0 amide bonds. The van der Waals surface area contributed by atoms with Gasteiger partial charge in [0.15, 0.2) is 0 Å². The zero-order valence-corrected chi connectivity index (χ0v) is 8.88. The van der Waals surface area contributed by atoms with Crippen molar-refractivity contribution < 1.29 is 9.53 Å². The van der Waals surface area contributed by atoms with Gasteiger partial charge in [0.2, 0.25) is 0 Å². The quantitative estimate of drug-likeness (QED) is 0.436. The van der Waals surface area contributed by atoms with Gasteiger partial charge in [-0.05, 0) is 25.5 Å². The molecule has 14 heavy (non-hydrogen) atoms. The lowest BCUT2D eigenvalue weighted by molar-refractivity contribution is 0.0506. The third kappa shape index (κ3) is 3.38. The van der Waals surface area contributed by atoms with Gasteiger partial charge in [0, 0.05) is 5.88 Å². The second-order valence-corrected chi connectivity index (χ2v) is 3.43. The number of carbonyl (C=O) groups excluding carboxylic acids is 1. The number of aryl methyl sites for hydroxylation is 1. The Bertz CT molecular complexity index is 310. The summed E-state index contributed by atoms with van der Waals surface area (Å²) in [7, 11) is 0. The summed E-state index contributed by atoms with van der Waals surface area (Å²) in [4.78, 5) is 11.4. The lowest BCUT2D eigenvalue weighted by atomic mass is 10.1. The van der Waals surface area contributed by atoms with Crippen molar-refractivity contribution >= 4 is 17.6 Å². The maximum absolute atomic E-state index is 11.4. The number of ether oxygens (including phenoxy) is 1. The van der Waals surface area contributed by atoms with Crippen molar-refractivity contribution in [2.75, 3.05) is 12.5 Å². The van der Waals surface area contributed by atoms with Crippen molar-refractivity contribution in [2.45, 2.75) is 13.3 Å². The Hall–Kier alpha value is -1.02. The summed E-state index contributed by atoms with van der Waals surface area (Å²) in [6.07, 6.45) is 0.694. The van der Waals surface area contributed by atoms with E-state index in [4.69, 9.17) is 16.3 Å². The van der Waals surface area contributed by atoms with Crippen LogP contribution in [0.3, 0.4) is 0 Å². The predicted octanol–water partition coefficient (Wildman–Crippen LogP) is 2.78. The van der Waals surface area contributed by atoms with E-state index in [0.29, 0.717) is 24.5 Å². The van der Waals surface area contributed by atoms with Gasteiger partial charge >= 0.3 is 5.97 Å². The standard InChI is InChI=1S/C11H13ClO2/c1-9-4-2-5-10(8-9)11(13)14-7-3-6-12/h2,4-5,8H,3,6-7H2,1H3. The van der Waals surface area contributed by atoms with Gasteiger partial charge in [0.1, 0.15) is 0 Å². The molecule has 0 aliphatic rings. The molecule has 0 N–H and O–H groups in total. The third-order valence-electron chi connectivity index (χ3n) is 1.76. The molecule has 0 bridgehead atoms. The topological polar surface area (TPSA) is 26.3 Å². The summed E-state index contributed by atoms with van der Waals surface area (Å²) in [5.41, 5.74) is 1.65. The van der Waals surface area contributed by atoms with E-state index in [-0.39, 0.29) is 5.97 Å². The van der Waals surface area contributed by atoms with Gasteiger partial charge in [-0.25, -0.2) is 4.79 Å². The molecule has 0 aromatic heterocycles. The normalized spacial score (nSPS) is 9.86. The van der Waals surface area contributed by atoms with E-state index in [0.717, 1.165) is 5.56 Å². The van der Waals surface area contributed by atoms with Crippen LogP contribution in [0, 0.1) is 6.92 Å². The van der Waals surface area contributed by atoms with Crippen LogP contribution in [0.15, 0.2) is 24.3 Å². The first-order valence-electron chi connectivity index (χ1n) is 4.54. The smallest absolute Gasteiger partial charge is 0.338 e. The van der Waals surface area contributed by atoms with Crippen LogP contribution in [0.5, 0.6) is 0 Å². The van der Waals surface area contributed by atoms with Crippen LogP contribution in [0.2, 0.25) is 0 Å². The molecule has 1 aromatic rings. The second-order valence-electron chi connectivity index (χ2n) is 3.05. The van der Waals surface area contributed by atoms with Crippen LogP contribution >= 0.6 is 11.6 Å². The van der Waals surface area contributed by atoms with Gasteiger partial charge in [-0.2, -0.15) is 0 Å². The molecule has 0 heterocycles. The minimum atomic E-state index is -0.279. The summed E-state index contributed by atoms with van der Waals surface area (Å²) in [5, 5.41) is 0. The first-order valence-corrected chi connectivity index (χ1v) is 5.07. The Labute approximate surface area is 88.8 Å². The molecule has 76 valence electrons. The molecule has 2 nitrogen and oxygen atoms in total. The number of rotatable bonds is 4. The highest BCUT2D eigenvalue weighted by Gasteiger charge is 2.05. The summed E-state index contributed by atoms with van der Waals surface area (Å²) in [5.74, 6) is 0.236. The molecule has 0 aliphatic heterocycles. The first-order chi connectivity index (χ1) is 6.74. The van der Waals surface area contributed by atoms with Crippen LogP contribution in [-0.2, 0) is 4.74 Å². The van der Waals surface area contributed by atoms with Crippen molar-refractivity contribution in [3.05, 3.63) is 35.4 Å². The van der Waals surface area contributed by atoms with Gasteiger partial charge in [-0.1, -0.05) is 17.7 Å². The lowest BCUT2D eigenvalue weighted by Crippen LogP contribution is -2.06. The number of hydrogen-bond acceptors (Lipinski definition) is 2. The minimum absolute atomic E-state index is 0.279. The summed E-state index contributed by atoms with van der Waals surface area (Å²) >= 11 is 5.46. The van der Waals surface area contributed by atoms with Gasteiger partial charge in [-0.15, -0.1) is 11.6 Å². The van der Waals surface area contributed by atoms with E-state index >= 15 is 0 Å². The number of carbonyl (C=O) groups is 1. The van der Waals surface area contributed by atoms with E-state index in [9.17, 15) is 4.79 Å². The molecule has 0 radical (unpaired) electrons. The molecule has 0 atom stereocenters. The molecule has 0 saturated heterocycles. The largest absolute Gasteiger partial charge is 0.462 e.